The molecule has 16 heavy (non-hydrogen) atoms. The van der Waals surface area contributed by atoms with E-state index in [0.29, 0.717) is 0 Å². The molecule has 1 aromatic rings. The molecule has 0 N–H and O–H groups in total. The summed E-state index contributed by atoms with van der Waals surface area (Å²) < 4.78 is 0. The third-order valence-corrected chi connectivity index (χ3v) is 2.09. The van der Waals surface area contributed by atoms with Gasteiger partial charge in [-0.1, -0.05) is 60.5 Å². The van der Waals surface area contributed by atoms with Crippen LogP contribution >= 0.6 is 0 Å². The second kappa shape index (κ2) is 14.2. The Morgan fingerprint density at radius 1 is 1.19 bits per heavy atom. The van der Waals surface area contributed by atoms with Crippen molar-refractivity contribution in [3.05, 3.63) is 30.1 Å². The number of aromatic nitrogens is 1. The number of nitrogens with zero attached hydrogens (tertiary/aromatic N) is 1. The van der Waals surface area contributed by atoms with Crippen LogP contribution in [0.1, 0.15) is 59.9 Å². The van der Waals surface area contributed by atoms with E-state index < -0.39 is 0 Å². The van der Waals surface area contributed by atoms with E-state index in [9.17, 15) is 0 Å². The van der Waals surface area contributed by atoms with Gasteiger partial charge in [-0.2, -0.15) is 0 Å². The molecule has 1 nitrogen and oxygen atoms in total. The van der Waals surface area contributed by atoms with Gasteiger partial charge in [0.15, 0.2) is 0 Å². The second-order valence-corrected chi connectivity index (χ2v) is 3.46. The van der Waals surface area contributed by atoms with Gasteiger partial charge in [0.05, 0.1) is 0 Å². The van der Waals surface area contributed by atoms with Crippen LogP contribution in [-0.2, 0) is 6.42 Å². The van der Waals surface area contributed by atoms with E-state index >= 15 is 0 Å². The van der Waals surface area contributed by atoms with Crippen LogP contribution in [-0.4, -0.2) is 4.98 Å². The molecule has 1 atom stereocenters. The molecule has 0 aliphatic heterocycles. The Kier molecular flexibility index (Phi) is 15.5. The Bertz CT molecular complexity index is 206. The van der Waals surface area contributed by atoms with Crippen molar-refractivity contribution in [3.63, 3.8) is 0 Å². The van der Waals surface area contributed by atoms with E-state index in [-0.39, 0.29) is 0 Å². The first-order valence-electron chi connectivity index (χ1n) is 6.71. The third-order valence-electron chi connectivity index (χ3n) is 2.09. The SMILES string of the molecule is CC.CC.CCCC(C)Cc1cccnc1. The molecule has 0 spiro atoms. The summed E-state index contributed by atoms with van der Waals surface area (Å²) in [6.45, 7) is 12.5. The molecule has 0 radical (unpaired) electrons. The van der Waals surface area contributed by atoms with Crippen LogP contribution in [0.2, 0.25) is 0 Å². The predicted molar refractivity (Wildman–Crippen MR) is 74.7 cm³/mol. The highest BCUT2D eigenvalue weighted by Gasteiger charge is 2.01. The highest BCUT2D eigenvalue weighted by atomic mass is 14.6. The molecule has 0 bridgehead atoms. The fraction of sp³-hybridized carbons (Fsp3) is 0.667. The lowest BCUT2D eigenvalue weighted by Crippen LogP contribution is -1.98. The first-order valence-corrected chi connectivity index (χ1v) is 6.71. The molecule has 0 fully saturated rings. The zero-order valence-corrected chi connectivity index (χ0v) is 12.0. The van der Waals surface area contributed by atoms with Crippen molar-refractivity contribution in [1.29, 1.82) is 0 Å². The maximum atomic E-state index is 4.10. The van der Waals surface area contributed by atoms with Gasteiger partial charge in [0, 0.05) is 12.4 Å². The molecule has 1 unspecified atom stereocenters. The molecule has 1 rings (SSSR count). The van der Waals surface area contributed by atoms with Crippen molar-refractivity contribution >= 4 is 0 Å². The van der Waals surface area contributed by atoms with Crippen LogP contribution in [0.25, 0.3) is 0 Å². The molecule has 1 heterocycles. The molecule has 0 amide bonds. The van der Waals surface area contributed by atoms with Crippen LogP contribution in [0, 0.1) is 5.92 Å². The number of rotatable bonds is 4. The van der Waals surface area contributed by atoms with E-state index in [1.807, 2.05) is 46.2 Å². The van der Waals surface area contributed by atoms with Gasteiger partial charge in [-0.25, -0.2) is 0 Å². The summed E-state index contributed by atoms with van der Waals surface area (Å²) in [7, 11) is 0. The summed E-state index contributed by atoms with van der Waals surface area (Å²) in [6.07, 6.45) is 7.55. The molecule has 0 aliphatic rings. The fourth-order valence-electron chi connectivity index (χ4n) is 1.52. The van der Waals surface area contributed by atoms with Crippen LogP contribution in [0.4, 0.5) is 0 Å². The molecule has 94 valence electrons. The summed E-state index contributed by atoms with van der Waals surface area (Å²) in [5.74, 6) is 0.791. The van der Waals surface area contributed by atoms with E-state index in [0.717, 1.165) is 5.92 Å². The van der Waals surface area contributed by atoms with Gasteiger partial charge >= 0.3 is 0 Å². The van der Waals surface area contributed by atoms with Crippen molar-refractivity contribution in [2.75, 3.05) is 0 Å². The maximum Gasteiger partial charge on any atom is 0.0299 e. The van der Waals surface area contributed by atoms with Crippen LogP contribution < -0.4 is 0 Å². The number of pyridine rings is 1. The Hall–Kier alpha value is -0.850. The quantitative estimate of drug-likeness (QED) is 0.691. The van der Waals surface area contributed by atoms with Gasteiger partial charge in [0.1, 0.15) is 0 Å². The summed E-state index contributed by atoms with van der Waals surface area (Å²) in [4.78, 5) is 4.10. The third kappa shape index (κ3) is 9.70. The van der Waals surface area contributed by atoms with Crippen molar-refractivity contribution < 1.29 is 0 Å². The highest BCUT2D eigenvalue weighted by Crippen LogP contribution is 2.11. The van der Waals surface area contributed by atoms with Crippen molar-refractivity contribution in [1.82, 2.24) is 4.98 Å². The number of hydrogen-bond acceptors (Lipinski definition) is 1. The standard InChI is InChI=1S/C11H17N.2C2H6/c1-3-5-10(2)8-11-6-4-7-12-9-11;2*1-2/h4,6-7,9-10H,3,5,8H2,1-2H3;2*1-2H3. The maximum absolute atomic E-state index is 4.10. The molecule has 1 aromatic heterocycles. The largest absolute Gasteiger partial charge is 0.264 e. The Morgan fingerprint density at radius 2 is 1.81 bits per heavy atom. The lowest BCUT2D eigenvalue weighted by molar-refractivity contribution is 0.522. The monoisotopic (exact) mass is 223 g/mol. The van der Waals surface area contributed by atoms with Gasteiger partial charge < -0.3 is 0 Å². The van der Waals surface area contributed by atoms with Crippen LogP contribution in [0.5, 0.6) is 0 Å². The Labute approximate surface area is 102 Å². The lowest BCUT2D eigenvalue weighted by Gasteiger charge is -2.08. The first-order chi connectivity index (χ1) is 7.83. The Morgan fingerprint density at radius 3 is 2.25 bits per heavy atom. The van der Waals surface area contributed by atoms with Crippen LogP contribution in [0.3, 0.4) is 0 Å². The van der Waals surface area contributed by atoms with Gasteiger partial charge in [0.2, 0.25) is 0 Å². The molecule has 1 heteroatoms. The average molecular weight is 223 g/mol. The molecule has 0 aliphatic carbocycles. The Balaban J connectivity index is 0. The molecule has 0 saturated carbocycles. The van der Waals surface area contributed by atoms with Gasteiger partial charge in [-0.3, -0.25) is 4.98 Å². The number of hydrogen-bond donors (Lipinski definition) is 0. The predicted octanol–water partition coefficient (Wildman–Crippen LogP) is 5.11. The molecule has 0 aromatic carbocycles. The van der Waals surface area contributed by atoms with E-state index in [1.165, 1.54) is 24.8 Å². The zero-order valence-electron chi connectivity index (χ0n) is 12.0. The van der Waals surface area contributed by atoms with E-state index in [2.05, 4.69) is 24.9 Å². The fourth-order valence-corrected chi connectivity index (χ4v) is 1.52. The van der Waals surface area contributed by atoms with Gasteiger partial charge in [0.25, 0.3) is 0 Å². The minimum absolute atomic E-state index is 0.791. The first kappa shape index (κ1) is 17.5. The second-order valence-electron chi connectivity index (χ2n) is 3.46. The van der Waals surface area contributed by atoms with Crippen molar-refractivity contribution in [2.45, 2.75) is 60.8 Å². The van der Waals surface area contributed by atoms with Crippen LogP contribution in [0.15, 0.2) is 24.5 Å². The molecular weight excluding hydrogens is 194 g/mol. The molecular formula is C15H29N. The minimum Gasteiger partial charge on any atom is -0.264 e. The zero-order chi connectivity index (χ0) is 12.8. The van der Waals surface area contributed by atoms with E-state index in [1.54, 1.807) is 0 Å². The molecule has 0 saturated heterocycles. The van der Waals surface area contributed by atoms with Crippen molar-refractivity contribution in [3.8, 4) is 0 Å². The van der Waals surface area contributed by atoms with E-state index in [4.69, 9.17) is 0 Å². The minimum atomic E-state index is 0.791. The smallest absolute Gasteiger partial charge is 0.0299 e. The van der Waals surface area contributed by atoms with Crippen molar-refractivity contribution in [2.24, 2.45) is 5.92 Å². The highest BCUT2D eigenvalue weighted by molar-refractivity contribution is 5.08. The van der Waals surface area contributed by atoms with Gasteiger partial charge in [-0.15, -0.1) is 0 Å². The summed E-state index contributed by atoms with van der Waals surface area (Å²) in [5, 5.41) is 0. The van der Waals surface area contributed by atoms with Gasteiger partial charge in [-0.05, 0) is 24.0 Å². The summed E-state index contributed by atoms with van der Waals surface area (Å²) in [5.41, 5.74) is 1.36. The topological polar surface area (TPSA) is 12.9 Å². The average Bonchev–Trinajstić information content (AvgIpc) is 2.36. The lowest BCUT2D eigenvalue weighted by atomic mass is 9.98. The summed E-state index contributed by atoms with van der Waals surface area (Å²) >= 11 is 0. The normalized spacial score (nSPS) is 10.4. The summed E-state index contributed by atoms with van der Waals surface area (Å²) in [6, 6.07) is 4.16.